The summed E-state index contributed by atoms with van der Waals surface area (Å²) >= 11 is 9.04. The SMILES string of the molecule is COC(=O)C1(Oc2cc(Cl)cnc2Br)CC1. The fraction of sp³-hybridized carbons (Fsp3) is 0.400. The lowest BCUT2D eigenvalue weighted by atomic mass is 10.3. The number of methoxy groups -OCH3 is 1. The van der Waals surface area contributed by atoms with Crippen LogP contribution < -0.4 is 4.74 Å². The number of aromatic nitrogens is 1. The van der Waals surface area contributed by atoms with Crippen molar-refractivity contribution in [2.24, 2.45) is 0 Å². The third-order valence-electron chi connectivity index (χ3n) is 2.34. The number of ether oxygens (including phenoxy) is 2. The van der Waals surface area contributed by atoms with E-state index >= 15 is 0 Å². The highest BCUT2D eigenvalue weighted by Gasteiger charge is 2.54. The van der Waals surface area contributed by atoms with E-state index in [4.69, 9.17) is 16.3 Å². The van der Waals surface area contributed by atoms with Gasteiger partial charge in [0.2, 0.25) is 5.60 Å². The highest BCUT2D eigenvalue weighted by atomic mass is 79.9. The lowest BCUT2D eigenvalue weighted by Crippen LogP contribution is -2.30. The van der Waals surface area contributed by atoms with E-state index in [0.717, 1.165) is 0 Å². The van der Waals surface area contributed by atoms with Crippen molar-refractivity contribution in [1.29, 1.82) is 0 Å². The maximum absolute atomic E-state index is 11.5. The quantitative estimate of drug-likeness (QED) is 0.636. The van der Waals surface area contributed by atoms with E-state index in [1.165, 1.54) is 13.3 Å². The van der Waals surface area contributed by atoms with E-state index in [1.807, 2.05) is 0 Å². The Kier molecular flexibility index (Phi) is 3.08. The second-order valence-corrected chi connectivity index (χ2v) is 4.72. The molecule has 4 nitrogen and oxygen atoms in total. The predicted molar refractivity (Wildman–Crippen MR) is 61.6 cm³/mol. The Morgan fingerprint density at radius 3 is 2.88 bits per heavy atom. The number of hydrogen-bond donors (Lipinski definition) is 0. The highest BCUT2D eigenvalue weighted by molar-refractivity contribution is 9.10. The van der Waals surface area contributed by atoms with Crippen LogP contribution in [0.3, 0.4) is 0 Å². The van der Waals surface area contributed by atoms with Gasteiger partial charge in [0.15, 0.2) is 5.75 Å². The maximum atomic E-state index is 11.5. The third kappa shape index (κ3) is 2.15. The van der Waals surface area contributed by atoms with Gasteiger partial charge in [-0.05, 0) is 15.9 Å². The van der Waals surface area contributed by atoms with Gasteiger partial charge in [-0.2, -0.15) is 0 Å². The molecule has 0 unspecified atom stereocenters. The normalized spacial score (nSPS) is 16.7. The van der Waals surface area contributed by atoms with Gasteiger partial charge in [-0.1, -0.05) is 11.6 Å². The monoisotopic (exact) mass is 305 g/mol. The molecule has 6 heteroatoms. The molecule has 1 aliphatic carbocycles. The minimum Gasteiger partial charge on any atom is -0.473 e. The van der Waals surface area contributed by atoms with Crippen LogP contribution in [0.15, 0.2) is 16.9 Å². The number of esters is 1. The molecule has 0 radical (unpaired) electrons. The Hall–Kier alpha value is -0.810. The molecule has 0 spiro atoms. The lowest BCUT2D eigenvalue weighted by Gasteiger charge is -2.16. The highest BCUT2D eigenvalue weighted by Crippen LogP contribution is 2.43. The molecule has 0 amide bonds. The largest absolute Gasteiger partial charge is 0.473 e. The molecule has 0 N–H and O–H groups in total. The van der Waals surface area contributed by atoms with Crippen LogP contribution in [-0.4, -0.2) is 23.7 Å². The molecular formula is C10H9BrClNO3. The van der Waals surface area contributed by atoms with Crippen molar-refractivity contribution in [3.8, 4) is 5.75 Å². The summed E-state index contributed by atoms with van der Waals surface area (Å²) in [6, 6.07) is 1.61. The fourth-order valence-corrected chi connectivity index (χ4v) is 1.78. The smallest absolute Gasteiger partial charge is 0.350 e. The molecule has 0 atom stereocenters. The van der Waals surface area contributed by atoms with Crippen LogP contribution in [0.25, 0.3) is 0 Å². The maximum Gasteiger partial charge on any atom is 0.350 e. The Morgan fingerprint density at radius 2 is 2.31 bits per heavy atom. The number of carbonyl (C=O) groups excluding carboxylic acids is 1. The zero-order valence-corrected chi connectivity index (χ0v) is 10.8. The molecule has 1 aromatic heterocycles. The van der Waals surface area contributed by atoms with Gasteiger partial charge in [-0.15, -0.1) is 0 Å². The van der Waals surface area contributed by atoms with Crippen molar-refractivity contribution in [3.05, 3.63) is 21.9 Å². The van der Waals surface area contributed by atoms with Crippen LogP contribution in [0, 0.1) is 0 Å². The number of hydrogen-bond acceptors (Lipinski definition) is 4. The van der Waals surface area contributed by atoms with Crippen molar-refractivity contribution in [2.45, 2.75) is 18.4 Å². The van der Waals surface area contributed by atoms with Crippen LogP contribution in [0.1, 0.15) is 12.8 Å². The standard InChI is InChI=1S/C10H9BrClNO3/c1-15-9(14)10(2-3-10)16-7-4-6(12)5-13-8(7)11/h4-5H,2-3H2,1H3. The molecule has 0 saturated heterocycles. The molecule has 1 fully saturated rings. The van der Waals surface area contributed by atoms with E-state index < -0.39 is 5.60 Å². The first-order valence-electron chi connectivity index (χ1n) is 4.66. The Morgan fingerprint density at radius 1 is 1.62 bits per heavy atom. The number of pyridine rings is 1. The Labute approximate surface area is 106 Å². The topological polar surface area (TPSA) is 48.4 Å². The first kappa shape index (κ1) is 11.7. The molecule has 1 aromatic rings. The van der Waals surface area contributed by atoms with Crippen LogP contribution in [0.2, 0.25) is 5.02 Å². The van der Waals surface area contributed by atoms with E-state index in [1.54, 1.807) is 6.07 Å². The first-order valence-corrected chi connectivity index (χ1v) is 5.83. The average molecular weight is 307 g/mol. The summed E-state index contributed by atoms with van der Waals surface area (Å²) in [5.41, 5.74) is -0.844. The molecule has 0 aromatic carbocycles. The molecule has 16 heavy (non-hydrogen) atoms. The van der Waals surface area contributed by atoms with E-state index in [9.17, 15) is 4.79 Å². The van der Waals surface area contributed by atoms with Gasteiger partial charge < -0.3 is 9.47 Å². The summed E-state index contributed by atoms with van der Waals surface area (Å²) in [6.45, 7) is 0. The molecular weight excluding hydrogens is 297 g/mol. The molecule has 1 heterocycles. The molecule has 1 aliphatic rings. The first-order chi connectivity index (χ1) is 7.57. The van der Waals surface area contributed by atoms with Crippen LogP contribution in [-0.2, 0) is 9.53 Å². The number of carbonyl (C=O) groups is 1. The average Bonchev–Trinajstić information content (AvgIpc) is 3.03. The zero-order valence-electron chi connectivity index (χ0n) is 8.50. The van der Waals surface area contributed by atoms with Crippen molar-refractivity contribution in [3.63, 3.8) is 0 Å². The number of nitrogens with zero attached hydrogens (tertiary/aromatic N) is 1. The molecule has 2 rings (SSSR count). The minimum atomic E-state index is -0.844. The van der Waals surface area contributed by atoms with Gasteiger partial charge in [-0.3, -0.25) is 0 Å². The Balaban J connectivity index is 2.21. The minimum absolute atomic E-state index is 0.362. The van der Waals surface area contributed by atoms with Gasteiger partial charge in [-0.25, -0.2) is 9.78 Å². The van der Waals surface area contributed by atoms with Crippen LogP contribution in [0.4, 0.5) is 0 Å². The van der Waals surface area contributed by atoms with Gasteiger partial charge in [0.25, 0.3) is 0 Å². The predicted octanol–water partition coefficient (Wildman–Crippen LogP) is 2.58. The van der Waals surface area contributed by atoms with Gasteiger partial charge >= 0.3 is 5.97 Å². The second kappa shape index (κ2) is 4.22. The summed E-state index contributed by atoms with van der Waals surface area (Å²) in [7, 11) is 1.34. The van der Waals surface area contributed by atoms with E-state index in [2.05, 4.69) is 25.7 Å². The summed E-state index contributed by atoms with van der Waals surface area (Å²) < 4.78 is 10.8. The van der Waals surface area contributed by atoms with Gasteiger partial charge in [0, 0.05) is 25.1 Å². The summed E-state index contributed by atoms with van der Waals surface area (Å²) in [4.78, 5) is 15.5. The van der Waals surface area contributed by atoms with Crippen LogP contribution in [0.5, 0.6) is 5.75 Å². The molecule has 86 valence electrons. The molecule has 0 bridgehead atoms. The van der Waals surface area contributed by atoms with E-state index in [-0.39, 0.29) is 5.97 Å². The van der Waals surface area contributed by atoms with E-state index in [0.29, 0.717) is 28.2 Å². The molecule has 0 aliphatic heterocycles. The van der Waals surface area contributed by atoms with Crippen molar-refractivity contribution >= 4 is 33.5 Å². The molecule has 1 saturated carbocycles. The summed E-state index contributed by atoms with van der Waals surface area (Å²) in [5, 5.41) is 0.457. The van der Waals surface area contributed by atoms with Crippen molar-refractivity contribution in [1.82, 2.24) is 4.98 Å². The van der Waals surface area contributed by atoms with Gasteiger partial charge in [0.1, 0.15) is 4.60 Å². The second-order valence-electron chi connectivity index (χ2n) is 3.53. The van der Waals surface area contributed by atoms with Crippen LogP contribution >= 0.6 is 27.5 Å². The van der Waals surface area contributed by atoms with Crippen molar-refractivity contribution in [2.75, 3.05) is 7.11 Å². The summed E-state index contributed by atoms with van der Waals surface area (Å²) in [5.74, 6) is 0.0924. The van der Waals surface area contributed by atoms with Crippen molar-refractivity contribution < 1.29 is 14.3 Å². The zero-order chi connectivity index (χ0) is 11.8. The fourth-order valence-electron chi connectivity index (χ4n) is 1.33. The summed E-state index contributed by atoms with van der Waals surface area (Å²) in [6.07, 6.45) is 2.80. The number of halogens is 2. The Bertz CT molecular complexity index is 434. The van der Waals surface area contributed by atoms with Gasteiger partial charge in [0.05, 0.1) is 12.1 Å². The third-order valence-corrected chi connectivity index (χ3v) is 3.14. The number of rotatable bonds is 3. The lowest BCUT2D eigenvalue weighted by molar-refractivity contribution is -0.151.